The lowest BCUT2D eigenvalue weighted by Crippen LogP contribution is -2.12. The second-order valence-electron chi connectivity index (χ2n) is 5.34. The van der Waals surface area contributed by atoms with Gasteiger partial charge in [-0.25, -0.2) is 0 Å². The Kier molecular flexibility index (Phi) is 5.92. The van der Waals surface area contributed by atoms with Gasteiger partial charge >= 0.3 is 0 Å². The van der Waals surface area contributed by atoms with Crippen LogP contribution in [-0.2, 0) is 11.4 Å². The highest BCUT2D eigenvalue weighted by Gasteiger charge is 2.11. The number of hydrogen-bond acceptors (Lipinski definition) is 3. The van der Waals surface area contributed by atoms with Gasteiger partial charge in [-0.15, -0.1) is 0 Å². The fraction of sp³-hybridized carbons (Fsp3) is 0.263. The van der Waals surface area contributed by atoms with Gasteiger partial charge in [-0.2, -0.15) is 0 Å². The number of anilines is 1. The summed E-state index contributed by atoms with van der Waals surface area (Å²) in [6, 6.07) is 14.9. The fourth-order valence-electron chi connectivity index (χ4n) is 2.15. The predicted octanol–water partition coefficient (Wildman–Crippen LogP) is 4.21. The van der Waals surface area contributed by atoms with Crippen molar-refractivity contribution in [3.63, 3.8) is 0 Å². The molecule has 0 atom stereocenters. The van der Waals surface area contributed by atoms with E-state index in [0.717, 1.165) is 12.0 Å². The molecule has 0 aliphatic rings. The molecule has 4 heteroatoms. The average Bonchev–Trinajstić information content (AvgIpc) is 2.54. The fourth-order valence-corrected chi connectivity index (χ4v) is 2.15. The number of nitrogens with one attached hydrogen (secondary N) is 1. The van der Waals surface area contributed by atoms with Crippen molar-refractivity contribution in [2.45, 2.75) is 33.3 Å². The average molecular weight is 311 g/mol. The highest BCUT2D eigenvalue weighted by molar-refractivity contribution is 5.98. The molecule has 2 aromatic carbocycles. The highest BCUT2D eigenvalue weighted by atomic mass is 16.5. The zero-order chi connectivity index (χ0) is 16.7. The Balaban J connectivity index is 2.19. The molecule has 2 aromatic rings. The van der Waals surface area contributed by atoms with Crippen molar-refractivity contribution in [3.05, 3.63) is 59.7 Å². The van der Waals surface area contributed by atoms with Gasteiger partial charge in [0.1, 0.15) is 12.4 Å². The predicted molar refractivity (Wildman–Crippen MR) is 90.8 cm³/mol. The lowest BCUT2D eigenvalue weighted by Gasteiger charge is -2.13. The third-order valence-electron chi connectivity index (χ3n) is 3.37. The van der Waals surface area contributed by atoms with Crippen molar-refractivity contribution in [1.29, 1.82) is 0 Å². The van der Waals surface area contributed by atoms with E-state index in [9.17, 15) is 9.59 Å². The molecule has 2 rings (SSSR count). The molecule has 0 radical (unpaired) electrons. The van der Waals surface area contributed by atoms with Gasteiger partial charge in [0.25, 0.3) is 0 Å². The van der Waals surface area contributed by atoms with Crippen molar-refractivity contribution < 1.29 is 14.3 Å². The van der Waals surface area contributed by atoms with Gasteiger partial charge in [-0.3, -0.25) is 9.59 Å². The van der Waals surface area contributed by atoms with Crippen LogP contribution in [0.1, 0.15) is 42.6 Å². The SMILES string of the molecule is CCCC(=O)Nc1cc(C(C)=O)ccc1OCc1ccccc1. The number of carbonyl (C=O) groups excluding carboxylic acids is 2. The van der Waals surface area contributed by atoms with E-state index in [2.05, 4.69) is 5.32 Å². The number of Topliss-reactive ketones (excluding diaryl/α,β-unsaturated/α-hetero) is 1. The van der Waals surface area contributed by atoms with Crippen LogP contribution in [0.2, 0.25) is 0 Å². The van der Waals surface area contributed by atoms with Gasteiger partial charge < -0.3 is 10.1 Å². The standard InChI is InChI=1S/C19H21NO3/c1-3-7-19(22)20-17-12-16(14(2)21)10-11-18(17)23-13-15-8-5-4-6-9-15/h4-6,8-12H,3,7,13H2,1-2H3,(H,20,22). The van der Waals surface area contributed by atoms with Crippen molar-refractivity contribution in [2.24, 2.45) is 0 Å². The lowest BCUT2D eigenvalue weighted by atomic mass is 10.1. The smallest absolute Gasteiger partial charge is 0.224 e. The maximum atomic E-state index is 11.9. The van der Waals surface area contributed by atoms with E-state index < -0.39 is 0 Å². The molecule has 0 fully saturated rings. The molecule has 120 valence electrons. The summed E-state index contributed by atoms with van der Waals surface area (Å²) in [5, 5.41) is 2.83. The highest BCUT2D eigenvalue weighted by Crippen LogP contribution is 2.27. The maximum Gasteiger partial charge on any atom is 0.224 e. The van der Waals surface area contributed by atoms with Gasteiger partial charge in [0.2, 0.25) is 5.91 Å². The first-order valence-corrected chi connectivity index (χ1v) is 7.71. The Bertz CT molecular complexity index is 680. The number of carbonyl (C=O) groups is 2. The molecule has 1 amide bonds. The molecule has 4 nitrogen and oxygen atoms in total. The maximum absolute atomic E-state index is 11.9. The summed E-state index contributed by atoms with van der Waals surface area (Å²) in [4.78, 5) is 23.4. The van der Waals surface area contributed by atoms with E-state index in [4.69, 9.17) is 4.74 Å². The van der Waals surface area contributed by atoms with Crippen LogP contribution in [0.5, 0.6) is 5.75 Å². The van der Waals surface area contributed by atoms with Gasteiger partial charge in [-0.1, -0.05) is 37.3 Å². The van der Waals surface area contributed by atoms with E-state index in [1.54, 1.807) is 18.2 Å². The van der Waals surface area contributed by atoms with Gasteiger partial charge in [0.15, 0.2) is 5.78 Å². The monoisotopic (exact) mass is 311 g/mol. The Morgan fingerprint density at radius 1 is 1.09 bits per heavy atom. The zero-order valence-corrected chi connectivity index (χ0v) is 13.5. The molecule has 1 N–H and O–H groups in total. The van der Waals surface area contributed by atoms with Crippen LogP contribution in [0.25, 0.3) is 0 Å². The summed E-state index contributed by atoms with van der Waals surface area (Å²) in [5.74, 6) is 0.423. The largest absolute Gasteiger partial charge is 0.487 e. The summed E-state index contributed by atoms with van der Waals surface area (Å²) >= 11 is 0. The van der Waals surface area contributed by atoms with Crippen molar-refractivity contribution in [3.8, 4) is 5.75 Å². The second-order valence-corrected chi connectivity index (χ2v) is 5.34. The Morgan fingerprint density at radius 3 is 2.48 bits per heavy atom. The summed E-state index contributed by atoms with van der Waals surface area (Å²) in [5.41, 5.74) is 2.12. The van der Waals surface area contributed by atoms with Crippen LogP contribution >= 0.6 is 0 Å². The minimum Gasteiger partial charge on any atom is -0.487 e. The summed E-state index contributed by atoms with van der Waals surface area (Å²) in [6.07, 6.45) is 1.20. The molecule has 0 spiro atoms. The number of rotatable bonds is 7. The summed E-state index contributed by atoms with van der Waals surface area (Å²) in [7, 11) is 0. The Hall–Kier alpha value is -2.62. The molecule has 0 saturated carbocycles. The van der Waals surface area contributed by atoms with Crippen LogP contribution in [0.4, 0.5) is 5.69 Å². The molecule has 0 aromatic heterocycles. The number of ketones is 1. The van der Waals surface area contributed by atoms with E-state index in [0.29, 0.717) is 30.0 Å². The van der Waals surface area contributed by atoms with Gasteiger partial charge in [0, 0.05) is 12.0 Å². The van der Waals surface area contributed by atoms with E-state index in [1.165, 1.54) is 6.92 Å². The van der Waals surface area contributed by atoms with Crippen molar-refractivity contribution in [2.75, 3.05) is 5.32 Å². The number of hydrogen-bond donors (Lipinski definition) is 1. The molecule has 0 aliphatic heterocycles. The van der Waals surface area contributed by atoms with Gasteiger partial charge in [0.05, 0.1) is 5.69 Å². The first kappa shape index (κ1) is 16.7. The minimum atomic E-state index is -0.0854. The Morgan fingerprint density at radius 2 is 1.83 bits per heavy atom. The zero-order valence-electron chi connectivity index (χ0n) is 13.5. The van der Waals surface area contributed by atoms with Crippen LogP contribution in [-0.4, -0.2) is 11.7 Å². The first-order valence-electron chi connectivity index (χ1n) is 7.71. The van der Waals surface area contributed by atoms with Crippen LogP contribution in [0, 0.1) is 0 Å². The van der Waals surface area contributed by atoms with Crippen LogP contribution in [0.15, 0.2) is 48.5 Å². The molecule has 0 unspecified atom stereocenters. The van der Waals surface area contributed by atoms with Crippen LogP contribution < -0.4 is 10.1 Å². The Labute approximate surface area is 136 Å². The molecule has 0 heterocycles. The van der Waals surface area contributed by atoms with Crippen molar-refractivity contribution >= 4 is 17.4 Å². The molecular formula is C19H21NO3. The molecule has 0 aliphatic carbocycles. The molecular weight excluding hydrogens is 290 g/mol. The van der Waals surface area contributed by atoms with E-state index in [1.807, 2.05) is 37.3 Å². The molecule has 0 bridgehead atoms. The number of amides is 1. The van der Waals surface area contributed by atoms with E-state index >= 15 is 0 Å². The minimum absolute atomic E-state index is 0.0504. The summed E-state index contributed by atoms with van der Waals surface area (Å²) < 4.78 is 5.81. The number of benzene rings is 2. The number of ether oxygens (including phenoxy) is 1. The normalized spacial score (nSPS) is 10.2. The first-order chi connectivity index (χ1) is 11.1. The lowest BCUT2D eigenvalue weighted by molar-refractivity contribution is -0.116. The quantitative estimate of drug-likeness (QED) is 0.779. The third kappa shape index (κ3) is 4.95. The van der Waals surface area contributed by atoms with E-state index in [-0.39, 0.29) is 11.7 Å². The van der Waals surface area contributed by atoms with Crippen LogP contribution in [0.3, 0.4) is 0 Å². The second kappa shape index (κ2) is 8.13. The van der Waals surface area contributed by atoms with Gasteiger partial charge in [-0.05, 0) is 37.1 Å². The summed E-state index contributed by atoms with van der Waals surface area (Å²) in [6.45, 7) is 3.84. The van der Waals surface area contributed by atoms with Crippen molar-refractivity contribution in [1.82, 2.24) is 0 Å². The molecule has 0 saturated heterocycles. The molecule has 23 heavy (non-hydrogen) atoms. The topological polar surface area (TPSA) is 55.4 Å². The third-order valence-corrected chi connectivity index (χ3v) is 3.37.